The Kier molecular flexibility index (Phi) is 9.46. The van der Waals surface area contributed by atoms with E-state index < -0.39 is 28.1 Å². The van der Waals surface area contributed by atoms with E-state index in [4.69, 9.17) is 4.74 Å². The topological polar surface area (TPSA) is 126 Å². The number of nitrogens with zero attached hydrogens (tertiary/aromatic N) is 4. The van der Waals surface area contributed by atoms with Gasteiger partial charge in [-0.05, 0) is 63.0 Å². The number of carbonyl (C=O) groups is 2. The number of sulfonamides is 1. The number of ether oxygens (including phenoxy) is 1. The van der Waals surface area contributed by atoms with Gasteiger partial charge in [-0.1, -0.05) is 13.8 Å². The molecule has 1 aromatic carbocycles. The molecule has 1 fully saturated rings. The number of aromatic nitrogens is 2. The number of amides is 2. The van der Waals surface area contributed by atoms with Crippen molar-refractivity contribution in [2.45, 2.75) is 44.2 Å². The van der Waals surface area contributed by atoms with Crippen LogP contribution in [-0.2, 0) is 10.0 Å². The molecule has 2 unspecified atom stereocenters. The molecule has 12 heteroatoms. The van der Waals surface area contributed by atoms with Gasteiger partial charge in [0.05, 0.1) is 17.1 Å². The number of likely N-dealkylation sites (tertiary alicyclic amines) is 1. The maximum Gasteiger partial charge on any atom is 0.346 e. The predicted octanol–water partition coefficient (Wildman–Crippen LogP) is 1.97. The van der Waals surface area contributed by atoms with Crippen LogP contribution in [-0.4, -0.2) is 86.4 Å². The van der Waals surface area contributed by atoms with Crippen LogP contribution in [0.25, 0.3) is 0 Å². The van der Waals surface area contributed by atoms with Crippen LogP contribution in [0.3, 0.4) is 0 Å². The Bertz CT molecular complexity index is 1140. The lowest BCUT2D eigenvalue weighted by Crippen LogP contribution is -2.50. The van der Waals surface area contributed by atoms with E-state index >= 15 is 0 Å². The van der Waals surface area contributed by atoms with Crippen molar-refractivity contribution in [1.29, 1.82) is 0 Å². The van der Waals surface area contributed by atoms with E-state index in [0.717, 1.165) is 25.9 Å². The van der Waals surface area contributed by atoms with Crippen LogP contribution < -0.4 is 14.8 Å². The molecule has 0 spiro atoms. The second-order valence-corrected chi connectivity index (χ2v) is 10.8. The molecule has 0 saturated carbocycles. The molecule has 1 aliphatic rings. The van der Waals surface area contributed by atoms with Crippen molar-refractivity contribution in [3.05, 3.63) is 42.2 Å². The maximum absolute atomic E-state index is 13.3. The minimum atomic E-state index is -3.83. The second kappa shape index (κ2) is 12.3. The van der Waals surface area contributed by atoms with E-state index in [0.29, 0.717) is 19.6 Å². The fraction of sp³-hybridized carbons (Fsp3) is 0.542. The highest BCUT2D eigenvalue weighted by Crippen LogP contribution is 2.24. The van der Waals surface area contributed by atoms with E-state index in [9.17, 15) is 18.0 Å². The van der Waals surface area contributed by atoms with Crippen molar-refractivity contribution in [2.24, 2.45) is 5.92 Å². The summed E-state index contributed by atoms with van der Waals surface area (Å²) in [5, 5.41) is 6.77. The first-order chi connectivity index (χ1) is 17.2. The fourth-order valence-corrected chi connectivity index (χ4v) is 5.22. The van der Waals surface area contributed by atoms with Gasteiger partial charge in [0.25, 0.3) is 5.91 Å². The van der Waals surface area contributed by atoms with Crippen LogP contribution in [0.15, 0.2) is 41.6 Å². The molecule has 0 bridgehead atoms. The maximum atomic E-state index is 13.3. The summed E-state index contributed by atoms with van der Waals surface area (Å²) in [6.45, 7) is 6.25. The van der Waals surface area contributed by atoms with Crippen LogP contribution in [0.5, 0.6) is 5.75 Å². The molecule has 2 amide bonds. The molecule has 3 rings (SSSR count). The number of hydrogen-bond donors (Lipinski definition) is 2. The Balaban J connectivity index is 1.80. The number of benzene rings is 1. The van der Waals surface area contributed by atoms with E-state index in [1.54, 1.807) is 13.1 Å². The summed E-state index contributed by atoms with van der Waals surface area (Å²) < 4.78 is 35.6. The van der Waals surface area contributed by atoms with Crippen LogP contribution >= 0.6 is 0 Å². The van der Waals surface area contributed by atoms with Gasteiger partial charge in [0.1, 0.15) is 11.9 Å². The van der Waals surface area contributed by atoms with Crippen molar-refractivity contribution in [3.8, 4) is 5.75 Å². The van der Waals surface area contributed by atoms with Crippen molar-refractivity contribution in [2.75, 3.05) is 40.3 Å². The van der Waals surface area contributed by atoms with E-state index in [1.165, 1.54) is 40.2 Å². The molecule has 11 nitrogen and oxygen atoms in total. The molecule has 36 heavy (non-hydrogen) atoms. The first-order valence-electron chi connectivity index (χ1n) is 12.2. The molecule has 0 radical (unpaired) electrons. The Morgan fingerprint density at radius 1 is 1.31 bits per heavy atom. The first-order valence-corrected chi connectivity index (χ1v) is 13.7. The van der Waals surface area contributed by atoms with Gasteiger partial charge < -0.3 is 19.9 Å². The fourth-order valence-electron chi connectivity index (χ4n) is 4.07. The summed E-state index contributed by atoms with van der Waals surface area (Å²) in [5.41, 5.74) is 0.0883. The standard InChI is InChI=1S/C24H36N6O5S/c1-5-14-35-21-9-8-19(36(33,34)26-16-18-10-13-28(3)17-18)15-20(21)23(31)27-22(6-2)29(4)24(32)30-12-7-11-25-30/h7-9,11-12,15,18,22,26H,5-6,10,13-14,16-17H2,1-4H3,(H,27,31). The summed E-state index contributed by atoms with van der Waals surface area (Å²) >= 11 is 0. The van der Waals surface area contributed by atoms with E-state index in [-0.39, 0.29) is 22.1 Å². The Morgan fingerprint density at radius 3 is 2.69 bits per heavy atom. The lowest BCUT2D eigenvalue weighted by Gasteiger charge is -2.28. The van der Waals surface area contributed by atoms with Crippen molar-refractivity contribution in [1.82, 2.24) is 29.6 Å². The largest absolute Gasteiger partial charge is 0.493 e. The van der Waals surface area contributed by atoms with Crippen LogP contribution in [0.1, 0.15) is 43.5 Å². The molecule has 198 valence electrons. The number of nitrogens with one attached hydrogen (secondary N) is 2. The molecule has 2 atom stereocenters. The molecule has 2 N–H and O–H groups in total. The van der Waals surface area contributed by atoms with Crippen molar-refractivity contribution >= 4 is 22.0 Å². The summed E-state index contributed by atoms with van der Waals surface area (Å²) in [6.07, 6.45) is 4.45. The Labute approximate surface area is 212 Å². The van der Waals surface area contributed by atoms with Gasteiger partial charge in [0.15, 0.2) is 0 Å². The molecule has 1 aliphatic heterocycles. The van der Waals surface area contributed by atoms with Gasteiger partial charge in [-0.25, -0.2) is 17.9 Å². The normalized spacial score (nSPS) is 17.1. The Morgan fingerprint density at radius 2 is 2.08 bits per heavy atom. The SMILES string of the molecule is CCCOc1ccc(S(=O)(=O)NCC2CCN(C)C2)cc1C(=O)NC(CC)N(C)C(=O)n1cccn1. The zero-order chi connectivity index (χ0) is 26.3. The number of carbonyl (C=O) groups excluding carboxylic acids is 2. The highest BCUT2D eigenvalue weighted by atomic mass is 32.2. The van der Waals surface area contributed by atoms with E-state index in [1.807, 2.05) is 20.9 Å². The lowest BCUT2D eigenvalue weighted by molar-refractivity contribution is 0.0884. The van der Waals surface area contributed by atoms with Crippen LogP contribution in [0.2, 0.25) is 0 Å². The highest BCUT2D eigenvalue weighted by Gasteiger charge is 2.26. The average molecular weight is 521 g/mol. The quantitative estimate of drug-likeness (QED) is 0.434. The number of hydrogen-bond acceptors (Lipinski definition) is 7. The van der Waals surface area contributed by atoms with E-state index in [2.05, 4.69) is 20.0 Å². The summed E-state index contributed by atoms with van der Waals surface area (Å²) in [5.74, 6) is -0.0166. The Hall–Kier alpha value is -2.96. The molecular formula is C24H36N6O5S. The third-order valence-electron chi connectivity index (χ3n) is 6.17. The van der Waals surface area contributed by atoms with Gasteiger partial charge in [-0.3, -0.25) is 4.79 Å². The summed E-state index contributed by atoms with van der Waals surface area (Å²) in [4.78, 5) is 29.5. The minimum Gasteiger partial charge on any atom is -0.493 e. The van der Waals surface area contributed by atoms with Gasteiger partial charge >= 0.3 is 6.03 Å². The molecule has 2 aromatic rings. The minimum absolute atomic E-state index is 0.0168. The number of rotatable bonds is 11. The first kappa shape index (κ1) is 27.6. The zero-order valence-electron chi connectivity index (χ0n) is 21.3. The second-order valence-electron chi connectivity index (χ2n) is 9.02. The van der Waals surface area contributed by atoms with Crippen molar-refractivity contribution < 1.29 is 22.7 Å². The van der Waals surface area contributed by atoms with Gasteiger partial charge in [0, 0.05) is 32.5 Å². The van der Waals surface area contributed by atoms with Crippen LogP contribution in [0, 0.1) is 5.92 Å². The summed E-state index contributed by atoms with van der Waals surface area (Å²) in [6, 6.07) is 5.49. The molecule has 1 saturated heterocycles. The van der Waals surface area contributed by atoms with Crippen LogP contribution in [0.4, 0.5) is 4.79 Å². The molecule has 0 aliphatic carbocycles. The van der Waals surface area contributed by atoms with Gasteiger partial charge in [0.2, 0.25) is 10.0 Å². The van der Waals surface area contributed by atoms with Gasteiger partial charge in [-0.2, -0.15) is 9.78 Å². The summed E-state index contributed by atoms with van der Waals surface area (Å²) in [7, 11) is -0.253. The third kappa shape index (κ3) is 6.83. The monoisotopic (exact) mass is 520 g/mol. The smallest absolute Gasteiger partial charge is 0.346 e. The predicted molar refractivity (Wildman–Crippen MR) is 135 cm³/mol. The average Bonchev–Trinajstić information content (AvgIpc) is 3.55. The highest BCUT2D eigenvalue weighted by molar-refractivity contribution is 7.89. The molecule has 2 heterocycles. The molecule has 1 aromatic heterocycles. The zero-order valence-corrected chi connectivity index (χ0v) is 22.1. The van der Waals surface area contributed by atoms with Crippen molar-refractivity contribution in [3.63, 3.8) is 0 Å². The molecular weight excluding hydrogens is 484 g/mol. The van der Waals surface area contributed by atoms with Gasteiger partial charge in [-0.15, -0.1) is 0 Å². The lowest BCUT2D eigenvalue weighted by atomic mass is 10.1. The third-order valence-corrected chi connectivity index (χ3v) is 7.59.